The van der Waals surface area contributed by atoms with Gasteiger partial charge in [0.1, 0.15) is 0 Å². The first-order chi connectivity index (χ1) is 6.38. The SMILES string of the molecule is CNC(c1c(Br)nnn1C)C(C)(C)C. The van der Waals surface area contributed by atoms with E-state index in [2.05, 4.69) is 52.3 Å². The highest BCUT2D eigenvalue weighted by molar-refractivity contribution is 9.10. The Bertz CT molecular complexity index is 294. The molecule has 0 bridgehead atoms. The molecule has 0 amide bonds. The third kappa shape index (κ3) is 2.15. The lowest BCUT2D eigenvalue weighted by Gasteiger charge is -2.30. The third-order valence-electron chi connectivity index (χ3n) is 2.25. The van der Waals surface area contributed by atoms with Gasteiger partial charge in [0.25, 0.3) is 0 Å². The van der Waals surface area contributed by atoms with E-state index in [0.717, 1.165) is 10.3 Å². The molecule has 0 saturated carbocycles. The number of nitrogens with zero attached hydrogens (tertiary/aromatic N) is 3. The number of nitrogens with one attached hydrogen (secondary N) is 1. The van der Waals surface area contributed by atoms with E-state index < -0.39 is 0 Å². The van der Waals surface area contributed by atoms with E-state index in [1.807, 2.05) is 14.1 Å². The van der Waals surface area contributed by atoms with E-state index in [4.69, 9.17) is 0 Å². The number of aromatic nitrogens is 3. The molecule has 1 unspecified atom stereocenters. The zero-order chi connectivity index (χ0) is 10.9. The second kappa shape index (κ2) is 3.98. The summed E-state index contributed by atoms with van der Waals surface area (Å²) in [5.74, 6) is 0. The van der Waals surface area contributed by atoms with Crippen LogP contribution in [0.15, 0.2) is 4.60 Å². The highest BCUT2D eigenvalue weighted by Crippen LogP contribution is 2.34. The van der Waals surface area contributed by atoms with Gasteiger partial charge in [-0.15, -0.1) is 5.10 Å². The van der Waals surface area contributed by atoms with Crippen molar-refractivity contribution in [2.24, 2.45) is 12.5 Å². The maximum atomic E-state index is 3.99. The molecule has 80 valence electrons. The zero-order valence-electron chi connectivity index (χ0n) is 9.30. The lowest BCUT2D eigenvalue weighted by atomic mass is 9.85. The summed E-state index contributed by atoms with van der Waals surface area (Å²) in [5, 5.41) is 11.3. The van der Waals surface area contributed by atoms with Crippen molar-refractivity contribution in [1.82, 2.24) is 20.3 Å². The Morgan fingerprint density at radius 3 is 2.29 bits per heavy atom. The van der Waals surface area contributed by atoms with Crippen LogP contribution in [0.25, 0.3) is 0 Å². The van der Waals surface area contributed by atoms with E-state index >= 15 is 0 Å². The fourth-order valence-electron chi connectivity index (χ4n) is 1.63. The molecule has 0 fully saturated rings. The number of halogens is 1. The second-order valence-electron chi connectivity index (χ2n) is 4.48. The maximum Gasteiger partial charge on any atom is 0.153 e. The van der Waals surface area contributed by atoms with Crippen LogP contribution >= 0.6 is 15.9 Å². The molecule has 1 aromatic heterocycles. The summed E-state index contributed by atoms with van der Waals surface area (Å²) in [6.07, 6.45) is 0. The van der Waals surface area contributed by atoms with Gasteiger partial charge in [0, 0.05) is 7.05 Å². The Morgan fingerprint density at radius 2 is 2.00 bits per heavy atom. The summed E-state index contributed by atoms with van der Waals surface area (Å²) in [5.41, 5.74) is 1.22. The summed E-state index contributed by atoms with van der Waals surface area (Å²) in [7, 11) is 3.86. The minimum absolute atomic E-state index is 0.132. The molecule has 0 spiro atoms. The average molecular weight is 261 g/mol. The molecule has 1 aromatic rings. The average Bonchev–Trinajstić information content (AvgIpc) is 2.34. The zero-order valence-corrected chi connectivity index (χ0v) is 10.9. The third-order valence-corrected chi connectivity index (χ3v) is 2.82. The monoisotopic (exact) mass is 260 g/mol. The minimum Gasteiger partial charge on any atom is -0.311 e. The van der Waals surface area contributed by atoms with Crippen LogP contribution in [-0.4, -0.2) is 22.0 Å². The Kier molecular flexibility index (Phi) is 3.32. The van der Waals surface area contributed by atoms with Gasteiger partial charge in [-0.05, 0) is 28.4 Å². The predicted molar refractivity (Wildman–Crippen MR) is 60.0 cm³/mol. The van der Waals surface area contributed by atoms with Crippen LogP contribution in [0.1, 0.15) is 32.5 Å². The van der Waals surface area contributed by atoms with Crippen LogP contribution < -0.4 is 5.32 Å². The first-order valence-corrected chi connectivity index (χ1v) is 5.39. The molecule has 1 atom stereocenters. The molecule has 0 aliphatic rings. The molecule has 0 aliphatic carbocycles. The van der Waals surface area contributed by atoms with Crippen LogP contribution in [0, 0.1) is 5.41 Å². The number of hydrogen-bond acceptors (Lipinski definition) is 3. The molecular formula is C9H17BrN4. The standard InChI is InChI=1S/C9H17BrN4/c1-9(2,3)7(11-4)6-8(10)12-13-14(6)5/h7,11H,1-5H3. The summed E-state index contributed by atoms with van der Waals surface area (Å²) in [6, 6.07) is 0.233. The lowest BCUT2D eigenvalue weighted by molar-refractivity contribution is 0.274. The topological polar surface area (TPSA) is 42.7 Å². The van der Waals surface area contributed by atoms with Crippen molar-refractivity contribution in [1.29, 1.82) is 0 Å². The van der Waals surface area contributed by atoms with Crippen molar-refractivity contribution in [2.45, 2.75) is 26.8 Å². The van der Waals surface area contributed by atoms with Gasteiger partial charge in [-0.2, -0.15) is 0 Å². The van der Waals surface area contributed by atoms with Crippen LogP contribution in [-0.2, 0) is 7.05 Å². The molecule has 14 heavy (non-hydrogen) atoms. The van der Waals surface area contributed by atoms with Gasteiger partial charge in [0.15, 0.2) is 4.60 Å². The second-order valence-corrected chi connectivity index (χ2v) is 5.23. The molecule has 1 N–H and O–H groups in total. The molecule has 0 aromatic carbocycles. The van der Waals surface area contributed by atoms with Crippen molar-refractivity contribution >= 4 is 15.9 Å². The van der Waals surface area contributed by atoms with E-state index in [1.54, 1.807) is 4.68 Å². The highest BCUT2D eigenvalue weighted by atomic mass is 79.9. The number of rotatable bonds is 2. The van der Waals surface area contributed by atoms with Crippen LogP contribution in [0.2, 0.25) is 0 Å². The number of aryl methyl sites for hydroxylation is 1. The van der Waals surface area contributed by atoms with Gasteiger partial charge in [0.2, 0.25) is 0 Å². The summed E-state index contributed by atoms with van der Waals surface area (Å²) < 4.78 is 2.62. The summed E-state index contributed by atoms with van der Waals surface area (Å²) >= 11 is 3.42. The molecular weight excluding hydrogens is 244 g/mol. The Balaban J connectivity index is 3.13. The summed E-state index contributed by atoms with van der Waals surface area (Å²) in [4.78, 5) is 0. The molecule has 4 nitrogen and oxygen atoms in total. The van der Waals surface area contributed by atoms with E-state index in [9.17, 15) is 0 Å². The van der Waals surface area contributed by atoms with Crippen molar-refractivity contribution in [2.75, 3.05) is 7.05 Å². The molecule has 1 rings (SSSR count). The quantitative estimate of drug-likeness (QED) is 0.884. The molecule has 1 heterocycles. The van der Waals surface area contributed by atoms with Crippen LogP contribution in [0.5, 0.6) is 0 Å². The molecule has 5 heteroatoms. The van der Waals surface area contributed by atoms with E-state index in [1.165, 1.54) is 0 Å². The first kappa shape index (κ1) is 11.7. The van der Waals surface area contributed by atoms with Crippen molar-refractivity contribution in [3.05, 3.63) is 10.3 Å². The first-order valence-electron chi connectivity index (χ1n) is 4.60. The minimum atomic E-state index is 0.132. The van der Waals surface area contributed by atoms with Crippen molar-refractivity contribution in [3.8, 4) is 0 Å². The van der Waals surface area contributed by atoms with Crippen LogP contribution in [0.3, 0.4) is 0 Å². The van der Waals surface area contributed by atoms with E-state index in [-0.39, 0.29) is 11.5 Å². The number of hydrogen-bond donors (Lipinski definition) is 1. The van der Waals surface area contributed by atoms with Gasteiger partial charge in [0.05, 0.1) is 11.7 Å². The largest absolute Gasteiger partial charge is 0.311 e. The van der Waals surface area contributed by atoms with E-state index in [0.29, 0.717) is 0 Å². The summed E-state index contributed by atoms with van der Waals surface area (Å²) in [6.45, 7) is 6.56. The highest BCUT2D eigenvalue weighted by Gasteiger charge is 2.29. The van der Waals surface area contributed by atoms with Gasteiger partial charge in [-0.1, -0.05) is 26.0 Å². The molecule has 0 radical (unpaired) electrons. The normalized spacial score (nSPS) is 14.4. The fraction of sp³-hybridized carbons (Fsp3) is 0.778. The van der Waals surface area contributed by atoms with Gasteiger partial charge in [-0.3, -0.25) is 0 Å². The smallest absolute Gasteiger partial charge is 0.153 e. The lowest BCUT2D eigenvalue weighted by Crippen LogP contribution is -2.31. The van der Waals surface area contributed by atoms with Crippen LogP contribution in [0.4, 0.5) is 0 Å². The van der Waals surface area contributed by atoms with Gasteiger partial charge in [-0.25, -0.2) is 4.68 Å². The Labute approximate surface area is 93.2 Å². The predicted octanol–water partition coefficient (Wildman–Crippen LogP) is 1.88. The van der Waals surface area contributed by atoms with Gasteiger partial charge >= 0.3 is 0 Å². The fourth-order valence-corrected chi connectivity index (χ4v) is 2.18. The Morgan fingerprint density at radius 1 is 1.43 bits per heavy atom. The maximum absolute atomic E-state index is 3.99. The molecule has 0 aliphatic heterocycles. The Hall–Kier alpha value is -0.420. The van der Waals surface area contributed by atoms with Crippen molar-refractivity contribution < 1.29 is 0 Å². The van der Waals surface area contributed by atoms with Gasteiger partial charge < -0.3 is 5.32 Å². The van der Waals surface area contributed by atoms with Crippen molar-refractivity contribution in [3.63, 3.8) is 0 Å². The molecule has 0 saturated heterocycles.